The fourth-order valence-electron chi connectivity index (χ4n) is 2.31. The Labute approximate surface area is 144 Å². The van der Waals surface area contributed by atoms with Gasteiger partial charge in [0.05, 0.1) is 11.3 Å². The number of carbonyl (C=O) groups is 2. The van der Waals surface area contributed by atoms with Crippen molar-refractivity contribution in [2.75, 3.05) is 5.32 Å². The maximum absolute atomic E-state index is 12.5. The minimum atomic E-state index is -0.505. The lowest BCUT2D eigenvalue weighted by molar-refractivity contribution is 0.0944. The normalized spacial score (nSPS) is 10.9. The monoisotopic (exact) mass is 338 g/mol. The van der Waals surface area contributed by atoms with E-state index in [1.165, 1.54) is 4.52 Å². The van der Waals surface area contributed by atoms with Gasteiger partial charge in [0.1, 0.15) is 0 Å². The van der Waals surface area contributed by atoms with Gasteiger partial charge in [0.2, 0.25) is 5.82 Å². The van der Waals surface area contributed by atoms with E-state index in [1.54, 1.807) is 36.5 Å². The fourth-order valence-corrected chi connectivity index (χ4v) is 2.31. The van der Waals surface area contributed by atoms with E-state index in [0.717, 1.165) is 5.69 Å². The van der Waals surface area contributed by atoms with Crippen molar-refractivity contribution in [1.29, 1.82) is 0 Å². The summed E-state index contributed by atoms with van der Waals surface area (Å²) < 4.78 is 1.49. The average Bonchev–Trinajstić information content (AvgIpc) is 3.00. The Hall–Kier alpha value is -3.29. The molecule has 0 bridgehead atoms. The lowest BCUT2D eigenvalue weighted by Gasteiger charge is -2.12. The first-order chi connectivity index (χ1) is 12.0. The number of nitrogens with zero attached hydrogens (tertiary/aromatic N) is 4. The molecule has 0 atom stereocenters. The van der Waals surface area contributed by atoms with Crippen LogP contribution in [0.2, 0.25) is 0 Å². The Morgan fingerprint density at radius 1 is 1.12 bits per heavy atom. The van der Waals surface area contributed by atoms with Crippen LogP contribution in [0.5, 0.6) is 0 Å². The summed E-state index contributed by atoms with van der Waals surface area (Å²) in [6, 6.07) is 8.55. The van der Waals surface area contributed by atoms with Gasteiger partial charge in [-0.3, -0.25) is 9.59 Å². The third kappa shape index (κ3) is 3.47. The van der Waals surface area contributed by atoms with Crippen LogP contribution in [-0.2, 0) is 0 Å². The molecule has 0 aliphatic rings. The molecule has 2 N–H and O–H groups in total. The van der Waals surface area contributed by atoms with Gasteiger partial charge in [-0.05, 0) is 39.0 Å². The molecule has 128 valence electrons. The predicted molar refractivity (Wildman–Crippen MR) is 92.5 cm³/mol. The van der Waals surface area contributed by atoms with Crippen LogP contribution in [0.3, 0.4) is 0 Å². The first-order valence-electron chi connectivity index (χ1n) is 7.85. The molecular weight excluding hydrogens is 320 g/mol. The largest absolute Gasteiger partial charge is 0.350 e. The molecule has 2 aromatic heterocycles. The van der Waals surface area contributed by atoms with Crippen molar-refractivity contribution >= 4 is 23.3 Å². The SMILES string of the molecule is Cc1ccnc2nc(C(=O)Nc3ccccc3C(=O)NC(C)C)nn12. The first kappa shape index (κ1) is 16.6. The highest BCUT2D eigenvalue weighted by Crippen LogP contribution is 2.16. The van der Waals surface area contributed by atoms with Crippen molar-refractivity contribution in [3.63, 3.8) is 0 Å². The van der Waals surface area contributed by atoms with Crippen LogP contribution in [0.25, 0.3) is 5.78 Å². The van der Waals surface area contributed by atoms with Gasteiger partial charge in [-0.2, -0.15) is 4.98 Å². The highest BCUT2D eigenvalue weighted by molar-refractivity contribution is 6.07. The number of aryl methyl sites for hydroxylation is 1. The molecule has 1 aromatic carbocycles. The van der Waals surface area contributed by atoms with Gasteiger partial charge >= 0.3 is 0 Å². The number of amides is 2. The number of para-hydroxylation sites is 1. The Balaban J connectivity index is 1.87. The van der Waals surface area contributed by atoms with Crippen LogP contribution >= 0.6 is 0 Å². The number of carbonyl (C=O) groups excluding carboxylic acids is 2. The number of rotatable bonds is 4. The maximum atomic E-state index is 12.5. The van der Waals surface area contributed by atoms with E-state index in [0.29, 0.717) is 17.0 Å². The summed E-state index contributed by atoms with van der Waals surface area (Å²) in [5, 5.41) is 9.66. The van der Waals surface area contributed by atoms with Gasteiger partial charge in [0.25, 0.3) is 17.6 Å². The van der Waals surface area contributed by atoms with E-state index in [9.17, 15) is 9.59 Å². The van der Waals surface area contributed by atoms with E-state index in [2.05, 4.69) is 25.7 Å². The first-order valence-corrected chi connectivity index (χ1v) is 7.85. The van der Waals surface area contributed by atoms with E-state index in [1.807, 2.05) is 20.8 Å². The zero-order chi connectivity index (χ0) is 18.0. The number of anilines is 1. The summed E-state index contributed by atoms with van der Waals surface area (Å²) in [7, 11) is 0. The molecule has 0 aliphatic heterocycles. The summed E-state index contributed by atoms with van der Waals surface area (Å²) in [6.07, 6.45) is 1.60. The lowest BCUT2D eigenvalue weighted by Crippen LogP contribution is -2.31. The van der Waals surface area contributed by atoms with Crippen molar-refractivity contribution in [2.24, 2.45) is 0 Å². The van der Waals surface area contributed by atoms with Gasteiger partial charge in [0.15, 0.2) is 0 Å². The number of benzene rings is 1. The summed E-state index contributed by atoms with van der Waals surface area (Å²) >= 11 is 0. The van der Waals surface area contributed by atoms with Crippen LogP contribution in [0.15, 0.2) is 36.5 Å². The van der Waals surface area contributed by atoms with Gasteiger partial charge < -0.3 is 10.6 Å². The second kappa shape index (κ2) is 6.68. The molecule has 2 heterocycles. The van der Waals surface area contributed by atoms with Crippen molar-refractivity contribution in [3.8, 4) is 0 Å². The smallest absolute Gasteiger partial charge is 0.295 e. The molecule has 0 fully saturated rings. The van der Waals surface area contributed by atoms with Crippen molar-refractivity contribution in [1.82, 2.24) is 24.9 Å². The standard InChI is InChI=1S/C17H18N6O2/c1-10(2)19-15(24)12-6-4-5-7-13(12)20-16(25)14-21-17-18-9-8-11(3)23(17)22-14/h4-10H,1-3H3,(H,19,24)(H,20,25). The molecule has 0 unspecified atom stereocenters. The van der Waals surface area contributed by atoms with Crippen molar-refractivity contribution in [2.45, 2.75) is 26.8 Å². The number of hydrogen-bond donors (Lipinski definition) is 2. The molecule has 3 rings (SSSR count). The number of aromatic nitrogens is 4. The summed E-state index contributed by atoms with van der Waals surface area (Å²) in [5.41, 5.74) is 1.59. The molecule has 0 spiro atoms. The van der Waals surface area contributed by atoms with Crippen molar-refractivity contribution < 1.29 is 9.59 Å². The summed E-state index contributed by atoms with van der Waals surface area (Å²) in [4.78, 5) is 33.0. The van der Waals surface area contributed by atoms with Crippen LogP contribution in [0.1, 0.15) is 40.5 Å². The van der Waals surface area contributed by atoms with Crippen LogP contribution in [-0.4, -0.2) is 37.4 Å². The van der Waals surface area contributed by atoms with E-state index < -0.39 is 5.91 Å². The number of hydrogen-bond acceptors (Lipinski definition) is 5. The highest BCUT2D eigenvalue weighted by Gasteiger charge is 2.18. The number of nitrogens with one attached hydrogen (secondary N) is 2. The topological polar surface area (TPSA) is 101 Å². The second-order valence-corrected chi connectivity index (χ2v) is 5.86. The summed E-state index contributed by atoms with van der Waals surface area (Å²) in [5.74, 6) is -0.432. The van der Waals surface area contributed by atoms with E-state index >= 15 is 0 Å². The minimum absolute atomic E-state index is 0.00888. The van der Waals surface area contributed by atoms with Gasteiger partial charge in [-0.15, -0.1) is 5.10 Å². The summed E-state index contributed by atoms with van der Waals surface area (Å²) in [6.45, 7) is 5.58. The zero-order valence-corrected chi connectivity index (χ0v) is 14.1. The molecule has 0 saturated heterocycles. The number of fused-ring (bicyclic) bond motifs is 1. The van der Waals surface area contributed by atoms with Gasteiger partial charge in [-0.25, -0.2) is 9.50 Å². The molecular formula is C17H18N6O2. The van der Waals surface area contributed by atoms with Crippen molar-refractivity contribution in [3.05, 3.63) is 53.6 Å². The molecule has 2 amide bonds. The highest BCUT2D eigenvalue weighted by atomic mass is 16.2. The zero-order valence-electron chi connectivity index (χ0n) is 14.1. The molecule has 3 aromatic rings. The van der Waals surface area contributed by atoms with Gasteiger partial charge in [0, 0.05) is 17.9 Å². The molecule has 8 heteroatoms. The fraction of sp³-hybridized carbons (Fsp3) is 0.235. The Morgan fingerprint density at radius 3 is 2.60 bits per heavy atom. The minimum Gasteiger partial charge on any atom is -0.350 e. The van der Waals surface area contributed by atoms with Crippen LogP contribution in [0, 0.1) is 6.92 Å². The maximum Gasteiger partial charge on any atom is 0.295 e. The van der Waals surface area contributed by atoms with Gasteiger partial charge in [-0.1, -0.05) is 12.1 Å². The molecule has 8 nitrogen and oxygen atoms in total. The third-order valence-corrected chi connectivity index (χ3v) is 3.47. The van der Waals surface area contributed by atoms with Crippen LogP contribution < -0.4 is 10.6 Å². The predicted octanol–water partition coefficient (Wildman–Crippen LogP) is 1.82. The quantitative estimate of drug-likeness (QED) is 0.755. The Bertz CT molecular complexity index is 947. The Morgan fingerprint density at radius 2 is 1.88 bits per heavy atom. The van der Waals surface area contributed by atoms with E-state index in [4.69, 9.17) is 0 Å². The average molecular weight is 338 g/mol. The van der Waals surface area contributed by atoms with E-state index in [-0.39, 0.29) is 17.8 Å². The second-order valence-electron chi connectivity index (χ2n) is 5.86. The lowest BCUT2D eigenvalue weighted by atomic mass is 10.1. The molecule has 0 aliphatic carbocycles. The Kier molecular flexibility index (Phi) is 4.42. The van der Waals surface area contributed by atoms with Crippen LogP contribution in [0.4, 0.5) is 5.69 Å². The molecule has 0 radical (unpaired) electrons. The molecule has 25 heavy (non-hydrogen) atoms. The molecule has 0 saturated carbocycles. The third-order valence-electron chi connectivity index (χ3n) is 3.47.